The zero-order chi connectivity index (χ0) is 17.8. The van der Waals surface area contributed by atoms with Gasteiger partial charge in [-0.05, 0) is 43.4 Å². The summed E-state index contributed by atoms with van der Waals surface area (Å²) in [5, 5.41) is 6.52. The van der Waals surface area contributed by atoms with Gasteiger partial charge in [-0.2, -0.15) is 4.98 Å². The number of aryl methyl sites for hydroxylation is 1. The Kier molecular flexibility index (Phi) is 5.25. The van der Waals surface area contributed by atoms with E-state index in [0.29, 0.717) is 37.8 Å². The first kappa shape index (κ1) is 17.3. The molecular formula is C17H20F2N4O2. The van der Waals surface area contributed by atoms with Gasteiger partial charge in [-0.15, -0.1) is 0 Å². The van der Waals surface area contributed by atoms with Crippen molar-refractivity contribution in [3.05, 3.63) is 47.1 Å². The van der Waals surface area contributed by atoms with E-state index in [-0.39, 0.29) is 11.9 Å². The number of amides is 2. The van der Waals surface area contributed by atoms with E-state index in [1.165, 1.54) is 6.07 Å². The zero-order valence-corrected chi connectivity index (χ0v) is 14.0. The maximum atomic E-state index is 13.4. The van der Waals surface area contributed by atoms with Crippen LogP contribution in [0.2, 0.25) is 0 Å². The highest BCUT2D eigenvalue weighted by Gasteiger charge is 2.24. The lowest BCUT2D eigenvalue weighted by atomic mass is 9.89. The lowest BCUT2D eigenvalue weighted by molar-refractivity contribution is 0.181. The first-order valence-electron chi connectivity index (χ1n) is 8.30. The summed E-state index contributed by atoms with van der Waals surface area (Å²) >= 11 is 0. The molecule has 1 aliphatic rings. The van der Waals surface area contributed by atoms with Gasteiger partial charge in [-0.25, -0.2) is 13.6 Å². The summed E-state index contributed by atoms with van der Waals surface area (Å²) in [5.74, 6) is -0.457. The van der Waals surface area contributed by atoms with Gasteiger partial charge < -0.3 is 14.7 Å². The lowest BCUT2D eigenvalue weighted by Gasteiger charge is -2.32. The Bertz CT molecular complexity index is 742. The highest BCUT2D eigenvalue weighted by atomic mass is 19.2. The molecule has 6 nitrogen and oxygen atoms in total. The maximum absolute atomic E-state index is 13.4. The fourth-order valence-corrected chi connectivity index (χ4v) is 3.01. The van der Waals surface area contributed by atoms with Crippen LogP contribution in [-0.4, -0.2) is 40.7 Å². The summed E-state index contributed by atoms with van der Waals surface area (Å²) in [5.41, 5.74) is 0.783. The molecule has 134 valence electrons. The van der Waals surface area contributed by atoms with Crippen LogP contribution in [0, 0.1) is 18.6 Å². The minimum Gasteiger partial charge on any atom is -0.339 e. The summed E-state index contributed by atoms with van der Waals surface area (Å²) in [6.07, 6.45) is 1.93. The summed E-state index contributed by atoms with van der Waals surface area (Å²) in [6, 6.07) is 3.89. The number of piperidine rings is 1. The Morgan fingerprint density at radius 2 is 2.08 bits per heavy atom. The molecular weight excluding hydrogens is 330 g/mol. The van der Waals surface area contributed by atoms with Crippen molar-refractivity contribution in [2.24, 2.45) is 0 Å². The third-order valence-corrected chi connectivity index (χ3v) is 4.38. The molecule has 0 atom stereocenters. The van der Waals surface area contributed by atoms with Crippen LogP contribution in [0.5, 0.6) is 0 Å². The monoisotopic (exact) mass is 350 g/mol. The second-order valence-electron chi connectivity index (χ2n) is 6.15. The van der Waals surface area contributed by atoms with Gasteiger partial charge in [0.2, 0.25) is 5.89 Å². The molecule has 2 heterocycles. The molecule has 3 rings (SSSR count). The van der Waals surface area contributed by atoms with Crippen molar-refractivity contribution in [1.82, 2.24) is 20.4 Å². The minimum absolute atomic E-state index is 0.139. The Labute approximate surface area is 144 Å². The first-order chi connectivity index (χ1) is 12.0. The van der Waals surface area contributed by atoms with E-state index in [9.17, 15) is 13.6 Å². The molecule has 1 aromatic carbocycles. The summed E-state index contributed by atoms with van der Waals surface area (Å²) < 4.78 is 31.4. The molecule has 0 spiro atoms. The number of hydrogen-bond acceptors (Lipinski definition) is 4. The average Bonchev–Trinajstić information content (AvgIpc) is 3.02. The Morgan fingerprint density at radius 1 is 1.32 bits per heavy atom. The van der Waals surface area contributed by atoms with E-state index in [4.69, 9.17) is 4.52 Å². The number of rotatable bonds is 4. The van der Waals surface area contributed by atoms with Crippen molar-refractivity contribution in [2.45, 2.75) is 32.1 Å². The van der Waals surface area contributed by atoms with Crippen LogP contribution in [0.15, 0.2) is 22.7 Å². The molecule has 1 fully saturated rings. The molecule has 2 amide bonds. The number of nitrogens with zero attached hydrogens (tertiary/aromatic N) is 3. The Morgan fingerprint density at radius 3 is 2.72 bits per heavy atom. The van der Waals surface area contributed by atoms with Crippen LogP contribution >= 0.6 is 0 Å². The molecule has 0 radical (unpaired) electrons. The third kappa shape index (κ3) is 4.32. The summed E-state index contributed by atoms with van der Waals surface area (Å²) in [7, 11) is 0. The number of carbonyl (C=O) groups excluding carboxylic acids is 1. The Hall–Kier alpha value is -2.51. The van der Waals surface area contributed by atoms with Gasteiger partial charge in [0.15, 0.2) is 17.5 Å². The smallest absolute Gasteiger partial charge is 0.317 e. The van der Waals surface area contributed by atoms with E-state index in [0.717, 1.165) is 24.5 Å². The van der Waals surface area contributed by atoms with E-state index >= 15 is 0 Å². The van der Waals surface area contributed by atoms with Crippen LogP contribution in [0.3, 0.4) is 0 Å². The van der Waals surface area contributed by atoms with Crippen molar-refractivity contribution >= 4 is 6.03 Å². The molecule has 1 N–H and O–H groups in total. The van der Waals surface area contributed by atoms with Crippen molar-refractivity contribution < 1.29 is 18.1 Å². The minimum atomic E-state index is -0.836. The van der Waals surface area contributed by atoms with Gasteiger partial charge >= 0.3 is 6.03 Å². The topological polar surface area (TPSA) is 71.3 Å². The molecule has 0 aliphatic carbocycles. The largest absolute Gasteiger partial charge is 0.339 e. The number of urea groups is 1. The molecule has 0 bridgehead atoms. The van der Waals surface area contributed by atoms with Crippen LogP contribution in [0.1, 0.15) is 36.0 Å². The SMILES string of the molecule is Cc1noc(CCNC(=O)N2CCC(c3ccc(F)c(F)c3)CC2)n1. The van der Waals surface area contributed by atoms with Crippen molar-refractivity contribution in [3.63, 3.8) is 0 Å². The highest BCUT2D eigenvalue weighted by Crippen LogP contribution is 2.28. The van der Waals surface area contributed by atoms with Gasteiger partial charge in [0.05, 0.1) is 0 Å². The molecule has 0 saturated carbocycles. The van der Waals surface area contributed by atoms with Crippen LogP contribution in [0.4, 0.5) is 13.6 Å². The van der Waals surface area contributed by atoms with E-state index < -0.39 is 11.6 Å². The van der Waals surface area contributed by atoms with Crippen molar-refractivity contribution in [1.29, 1.82) is 0 Å². The number of nitrogens with one attached hydrogen (secondary N) is 1. The quantitative estimate of drug-likeness (QED) is 0.920. The maximum Gasteiger partial charge on any atom is 0.317 e. The van der Waals surface area contributed by atoms with Crippen LogP contribution < -0.4 is 5.32 Å². The fourth-order valence-electron chi connectivity index (χ4n) is 3.01. The molecule has 0 unspecified atom stereocenters. The lowest BCUT2D eigenvalue weighted by Crippen LogP contribution is -2.44. The fraction of sp³-hybridized carbons (Fsp3) is 0.471. The second-order valence-corrected chi connectivity index (χ2v) is 6.15. The van der Waals surface area contributed by atoms with Gasteiger partial charge in [0.1, 0.15) is 0 Å². The average molecular weight is 350 g/mol. The second kappa shape index (κ2) is 7.58. The molecule has 25 heavy (non-hydrogen) atoms. The van der Waals surface area contributed by atoms with E-state index in [2.05, 4.69) is 15.5 Å². The third-order valence-electron chi connectivity index (χ3n) is 4.38. The predicted octanol–water partition coefficient (Wildman–Crippen LogP) is 2.79. The molecule has 1 aliphatic heterocycles. The van der Waals surface area contributed by atoms with Gasteiger partial charge in [0, 0.05) is 26.1 Å². The number of hydrogen-bond donors (Lipinski definition) is 1. The van der Waals surface area contributed by atoms with Crippen molar-refractivity contribution in [3.8, 4) is 0 Å². The van der Waals surface area contributed by atoms with E-state index in [1.807, 2.05) is 0 Å². The number of benzene rings is 1. The van der Waals surface area contributed by atoms with Gasteiger partial charge in [-0.3, -0.25) is 0 Å². The molecule has 8 heteroatoms. The normalized spacial score (nSPS) is 15.4. The zero-order valence-electron chi connectivity index (χ0n) is 14.0. The molecule has 2 aromatic rings. The van der Waals surface area contributed by atoms with Crippen LogP contribution in [-0.2, 0) is 6.42 Å². The van der Waals surface area contributed by atoms with E-state index in [1.54, 1.807) is 17.9 Å². The number of aromatic nitrogens is 2. The number of halogens is 2. The summed E-state index contributed by atoms with van der Waals surface area (Å²) in [4.78, 5) is 18.0. The first-order valence-corrected chi connectivity index (χ1v) is 8.30. The van der Waals surface area contributed by atoms with Gasteiger partial charge in [0.25, 0.3) is 0 Å². The standard InChI is InChI=1S/C17H20F2N4O2/c1-11-21-16(25-22-11)4-7-20-17(24)23-8-5-12(6-9-23)13-2-3-14(18)15(19)10-13/h2-3,10,12H,4-9H2,1H3,(H,20,24). The molecule has 1 saturated heterocycles. The van der Waals surface area contributed by atoms with Gasteiger partial charge in [-0.1, -0.05) is 11.2 Å². The van der Waals surface area contributed by atoms with Crippen LogP contribution in [0.25, 0.3) is 0 Å². The summed E-state index contributed by atoms with van der Waals surface area (Å²) in [6.45, 7) is 3.32. The highest BCUT2D eigenvalue weighted by molar-refractivity contribution is 5.74. The number of carbonyl (C=O) groups is 1. The molecule has 1 aromatic heterocycles. The van der Waals surface area contributed by atoms with Crippen molar-refractivity contribution in [2.75, 3.05) is 19.6 Å². The number of likely N-dealkylation sites (tertiary alicyclic amines) is 1. The Balaban J connectivity index is 1.44. The predicted molar refractivity (Wildman–Crippen MR) is 86.0 cm³/mol.